The minimum atomic E-state index is 0.675. The SMILES string of the molecule is Cc1c(C#N)sc2nc(-c3ccc(Cl)cc3)nc(N3CCN(C)CC3)c12. The Morgan fingerprint density at radius 2 is 1.81 bits per heavy atom. The highest BCUT2D eigenvalue weighted by atomic mass is 35.5. The molecule has 5 nitrogen and oxygen atoms in total. The van der Waals surface area contributed by atoms with Crippen molar-refractivity contribution in [3.8, 4) is 17.5 Å². The molecule has 3 heterocycles. The summed E-state index contributed by atoms with van der Waals surface area (Å²) < 4.78 is 0. The van der Waals surface area contributed by atoms with Crippen molar-refractivity contribution >= 4 is 39.0 Å². The summed E-state index contributed by atoms with van der Waals surface area (Å²) in [5, 5.41) is 11.1. The highest BCUT2D eigenvalue weighted by molar-refractivity contribution is 7.19. The quantitative estimate of drug-likeness (QED) is 0.670. The third kappa shape index (κ3) is 3.03. The van der Waals surface area contributed by atoms with Gasteiger partial charge in [-0.3, -0.25) is 0 Å². The molecular formula is C19H18ClN5S. The van der Waals surface area contributed by atoms with E-state index in [-0.39, 0.29) is 0 Å². The van der Waals surface area contributed by atoms with E-state index in [9.17, 15) is 5.26 Å². The number of aryl methyl sites for hydroxylation is 1. The number of rotatable bonds is 2. The minimum Gasteiger partial charge on any atom is -0.353 e. The topological polar surface area (TPSA) is 56.1 Å². The molecule has 0 bridgehead atoms. The maximum absolute atomic E-state index is 9.45. The molecule has 4 rings (SSSR count). The molecule has 1 aliphatic rings. The Balaban J connectivity index is 1.90. The van der Waals surface area contributed by atoms with Gasteiger partial charge in [0.25, 0.3) is 0 Å². The lowest BCUT2D eigenvalue weighted by Gasteiger charge is -2.33. The number of fused-ring (bicyclic) bond motifs is 1. The van der Waals surface area contributed by atoms with Crippen LogP contribution >= 0.6 is 22.9 Å². The third-order valence-electron chi connectivity index (χ3n) is 4.78. The van der Waals surface area contributed by atoms with Crippen molar-refractivity contribution in [2.45, 2.75) is 6.92 Å². The fraction of sp³-hybridized carbons (Fsp3) is 0.316. The first-order valence-corrected chi connectivity index (χ1v) is 9.67. The fourth-order valence-corrected chi connectivity index (χ4v) is 4.30. The van der Waals surface area contributed by atoms with Crippen molar-refractivity contribution in [2.75, 3.05) is 38.1 Å². The van der Waals surface area contributed by atoms with Gasteiger partial charge in [0, 0.05) is 36.8 Å². The van der Waals surface area contributed by atoms with E-state index < -0.39 is 0 Å². The lowest BCUT2D eigenvalue weighted by molar-refractivity contribution is 0.312. The summed E-state index contributed by atoms with van der Waals surface area (Å²) in [4.78, 5) is 15.9. The van der Waals surface area contributed by atoms with Gasteiger partial charge in [-0.2, -0.15) is 5.26 Å². The lowest BCUT2D eigenvalue weighted by atomic mass is 10.1. The second-order valence-electron chi connectivity index (χ2n) is 6.52. The van der Waals surface area contributed by atoms with E-state index in [4.69, 9.17) is 21.6 Å². The van der Waals surface area contributed by atoms with Gasteiger partial charge in [0.15, 0.2) is 5.82 Å². The van der Waals surface area contributed by atoms with Crippen LogP contribution in [0.1, 0.15) is 10.4 Å². The van der Waals surface area contributed by atoms with Crippen LogP contribution in [0.3, 0.4) is 0 Å². The standard InChI is InChI=1S/C19H18ClN5S/c1-12-15(11-21)26-19-16(12)18(25-9-7-24(2)8-10-25)22-17(23-19)13-3-5-14(20)6-4-13/h3-6H,7-10H2,1-2H3. The van der Waals surface area contributed by atoms with Crippen LogP contribution < -0.4 is 4.90 Å². The number of hydrogen-bond acceptors (Lipinski definition) is 6. The molecule has 132 valence electrons. The van der Waals surface area contributed by atoms with Crippen LogP contribution in [0.5, 0.6) is 0 Å². The molecule has 1 fully saturated rings. The molecule has 0 amide bonds. The second-order valence-corrected chi connectivity index (χ2v) is 7.95. The van der Waals surface area contributed by atoms with Crippen molar-refractivity contribution in [1.29, 1.82) is 5.26 Å². The Morgan fingerprint density at radius 1 is 1.12 bits per heavy atom. The van der Waals surface area contributed by atoms with Gasteiger partial charge < -0.3 is 9.80 Å². The number of likely N-dealkylation sites (N-methyl/N-ethyl adjacent to an activating group) is 1. The second kappa shape index (κ2) is 6.84. The zero-order valence-corrected chi connectivity index (χ0v) is 16.2. The highest BCUT2D eigenvalue weighted by Crippen LogP contribution is 2.37. The monoisotopic (exact) mass is 383 g/mol. The number of halogens is 1. The number of piperazine rings is 1. The van der Waals surface area contributed by atoms with E-state index in [1.807, 2.05) is 31.2 Å². The summed E-state index contributed by atoms with van der Waals surface area (Å²) in [5.74, 6) is 1.61. The number of nitriles is 1. The van der Waals surface area contributed by atoms with Crippen molar-refractivity contribution in [3.63, 3.8) is 0 Å². The smallest absolute Gasteiger partial charge is 0.163 e. The van der Waals surface area contributed by atoms with E-state index in [0.29, 0.717) is 15.7 Å². The van der Waals surface area contributed by atoms with Crippen LogP contribution in [0.2, 0.25) is 5.02 Å². The summed E-state index contributed by atoms with van der Waals surface area (Å²) in [5.41, 5.74) is 1.90. The molecule has 2 aromatic heterocycles. The summed E-state index contributed by atoms with van der Waals surface area (Å²) in [6.07, 6.45) is 0. The molecule has 0 spiro atoms. The normalized spacial score (nSPS) is 15.4. The van der Waals surface area contributed by atoms with E-state index in [1.165, 1.54) is 11.3 Å². The number of nitrogens with zero attached hydrogens (tertiary/aromatic N) is 5. The number of hydrogen-bond donors (Lipinski definition) is 0. The van der Waals surface area contributed by atoms with Gasteiger partial charge >= 0.3 is 0 Å². The van der Waals surface area contributed by atoms with Gasteiger partial charge in [-0.05, 0) is 43.8 Å². The first-order valence-electron chi connectivity index (χ1n) is 8.47. The fourth-order valence-electron chi connectivity index (χ4n) is 3.20. The zero-order valence-electron chi connectivity index (χ0n) is 14.7. The molecule has 1 aromatic carbocycles. The van der Waals surface area contributed by atoms with Gasteiger partial charge in [0.05, 0.1) is 5.39 Å². The lowest BCUT2D eigenvalue weighted by Crippen LogP contribution is -2.45. The van der Waals surface area contributed by atoms with Crippen molar-refractivity contribution < 1.29 is 0 Å². The van der Waals surface area contributed by atoms with Crippen LogP contribution in [0.15, 0.2) is 24.3 Å². The van der Waals surface area contributed by atoms with Gasteiger partial charge in [-0.15, -0.1) is 11.3 Å². The molecule has 3 aromatic rings. The Kier molecular flexibility index (Phi) is 4.53. The van der Waals surface area contributed by atoms with Crippen molar-refractivity contribution in [3.05, 3.63) is 39.7 Å². The molecule has 0 unspecified atom stereocenters. The third-order valence-corrected chi connectivity index (χ3v) is 6.12. The average molecular weight is 384 g/mol. The predicted octanol–water partition coefficient (Wildman–Crippen LogP) is 3.94. The van der Waals surface area contributed by atoms with Crippen LogP contribution in [-0.4, -0.2) is 48.1 Å². The number of aromatic nitrogens is 2. The van der Waals surface area contributed by atoms with Gasteiger partial charge in [0.2, 0.25) is 0 Å². The average Bonchev–Trinajstić information content (AvgIpc) is 2.98. The molecule has 1 aliphatic heterocycles. The summed E-state index contributed by atoms with van der Waals surface area (Å²) in [6.45, 7) is 5.81. The predicted molar refractivity (Wildman–Crippen MR) is 107 cm³/mol. The molecule has 26 heavy (non-hydrogen) atoms. The Bertz CT molecular complexity index is 997. The number of anilines is 1. The van der Waals surface area contributed by atoms with Gasteiger partial charge in [-0.25, -0.2) is 9.97 Å². The Labute approximate surface area is 161 Å². The summed E-state index contributed by atoms with van der Waals surface area (Å²) >= 11 is 7.46. The Morgan fingerprint density at radius 3 is 2.46 bits per heavy atom. The van der Waals surface area contributed by atoms with Crippen LogP contribution in [0.4, 0.5) is 5.82 Å². The number of thiophene rings is 1. The first-order chi connectivity index (χ1) is 12.6. The molecule has 0 N–H and O–H groups in total. The molecule has 0 atom stereocenters. The van der Waals surface area contributed by atoms with Crippen molar-refractivity contribution in [2.24, 2.45) is 0 Å². The maximum Gasteiger partial charge on any atom is 0.163 e. The Hall–Kier alpha value is -2.20. The van der Waals surface area contributed by atoms with Crippen LogP contribution in [0, 0.1) is 18.3 Å². The largest absolute Gasteiger partial charge is 0.353 e. The first kappa shape index (κ1) is 17.2. The molecule has 0 aliphatic carbocycles. The summed E-state index contributed by atoms with van der Waals surface area (Å²) in [6, 6.07) is 9.86. The molecule has 0 saturated carbocycles. The van der Waals surface area contributed by atoms with Crippen LogP contribution in [0.25, 0.3) is 21.6 Å². The number of benzene rings is 1. The minimum absolute atomic E-state index is 0.675. The van der Waals surface area contributed by atoms with E-state index in [1.54, 1.807) is 0 Å². The molecule has 0 radical (unpaired) electrons. The zero-order chi connectivity index (χ0) is 18.3. The van der Waals surface area contributed by atoms with Crippen LogP contribution in [-0.2, 0) is 0 Å². The van der Waals surface area contributed by atoms with E-state index in [2.05, 4.69) is 22.9 Å². The van der Waals surface area contributed by atoms with E-state index in [0.717, 1.165) is 53.3 Å². The van der Waals surface area contributed by atoms with Gasteiger partial charge in [-0.1, -0.05) is 11.6 Å². The summed E-state index contributed by atoms with van der Waals surface area (Å²) in [7, 11) is 2.13. The van der Waals surface area contributed by atoms with Crippen molar-refractivity contribution in [1.82, 2.24) is 14.9 Å². The molecule has 1 saturated heterocycles. The molecular weight excluding hydrogens is 366 g/mol. The van der Waals surface area contributed by atoms with E-state index >= 15 is 0 Å². The maximum atomic E-state index is 9.45. The molecule has 7 heteroatoms. The van der Waals surface area contributed by atoms with Gasteiger partial charge in [0.1, 0.15) is 21.6 Å². The highest BCUT2D eigenvalue weighted by Gasteiger charge is 2.23.